The van der Waals surface area contributed by atoms with E-state index in [0.29, 0.717) is 4.88 Å². The molecule has 1 aromatic carbocycles. The predicted octanol–water partition coefficient (Wildman–Crippen LogP) is 2.90. The number of urea groups is 1. The number of benzene rings is 1. The third-order valence-electron chi connectivity index (χ3n) is 3.94. The molecule has 3 amide bonds. The van der Waals surface area contributed by atoms with Gasteiger partial charge in [-0.05, 0) is 49.4 Å². The minimum Gasteiger partial charge on any atom is -0.451 e. The molecule has 0 saturated heterocycles. The molecule has 0 spiro atoms. The number of imide groups is 1. The average Bonchev–Trinajstić information content (AvgIpc) is 3.03. The second-order valence-corrected chi connectivity index (χ2v) is 7.43. The number of hydrogen-bond donors (Lipinski definition) is 2. The number of rotatable bonds is 4. The molecule has 0 atom stereocenters. The summed E-state index contributed by atoms with van der Waals surface area (Å²) in [7, 11) is 0. The molecule has 0 fully saturated rings. The second kappa shape index (κ2) is 7.70. The lowest BCUT2D eigenvalue weighted by Gasteiger charge is -2.15. The number of fused-ring (bicyclic) bond motifs is 3. The average molecular weight is 372 g/mol. The van der Waals surface area contributed by atoms with E-state index in [-0.39, 0.29) is 6.04 Å². The summed E-state index contributed by atoms with van der Waals surface area (Å²) in [6.07, 6.45) is 1.83. The lowest BCUT2D eigenvalue weighted by atomic mass is 9.91. The van der Waals surface area contributed by atoms with Crippen LogP contribution in [0.5, 0.6) is 0 Å². The molecular formula is C19H20N2O4S. The lowest BCUT2D eigenvalue weighted by molar-refractivity contribution is -0.123. The Labute approximate surface area is 155 Å². The Morgan fingerprint density at radius 1 is 1.15 bits per heavy atom. The molecule has 1 heterocycles. The van der Waals surface area contributed by atoms with Crippen molar-refractivity contribution in [3.63, 3.8) is 0 Å². The third kappa shape index (κ3) is 4.11. The van der Waals surface area contributed by atoms with Gasteiger partial charge in [0, 0.05) is 10.9 Å². The molecule has 2 N–H and O–H groups in total. The molecule has 3 rings (SSSR count). The van der Waals surface area contributed by atoms with Gasteiger partial charge in [0.15, 0.2) is 6.61 Å². The summed E-state index contributed by atoms with van der Waals surface area (Å²) in [5, 5.41) is 4.64. The van der Waals surface area contributed by atoms with Crippen molar-refractivity contribution in [3.05, 3.63) is 46.3 Å². The van der Waals surface area contributed by atoms with Gasteiger partial charge in [0.05, 0.1) is 0 Å². The predicted molar refractivity (Wildman–Crippen MR) is 99.3 cm³/mol. The number of esters is 1. The first-order chi connectivity index (χ1) is 12.4. The van der Waals surface area contributed by atoms with Crippen LogP contribution in [0.15, 0.2) is 30.3 Å². The fourth-order valence-electron chi connectivity index (χ4n) is 2.84. The molecule has 136 valence electrons. The Hall–Kier alpha value is -2.67. The third-order valence-corrected chi connectivity index (χ3v) is 5.13. The maximum Gasteiger partial charge on any atom is 0.348 e. The van der Waals surface area contributed by atoms with Crippen molar-refractivity contribution in [2.45, 2.75) is 32.7 Å². The molecule has 0 bridgehead atoms. The topological polar surface area (TPSA) is 84.5 Å². The Morgan fingerprint density at radius 3 is 2.65 bits per heavy atom. The minimum absolute atomic E-state index is 0.0920. The van der Waals surface area contributed by atoms with E-state index in [0.717, 1.165) is 28.8 Å². The van der Waals surface area contributed by atoms with Gasteiger partial charge < -0.3 is 10.1 Å². The number of aryl methyl sites for hydroxylation is 2. The molecular weight excluding hydrogens is 352 g/mol. The standard InChI is InChI=1S/C19H20N2O4S/c1-11(2)20-19(24)21-16(22)10-25-18(23)15-9-13-8-7-12-5-3-4-6-14(12)17(13)26-15/h3-6,9,11H,7-8,10H2,1-2H3,(H2,20,21,22,24). The number of carbonyl (C=O) groups excluding carboxylic acids is 3. The van der Waals surface area contributed by atoms with Crippen LogP contribution in [0.4, 0.5) is 4.79 Å². The Kier molecular flexibility index (Phi) is 5.37. The first-order valence-electron chi connectivity index (χ1n) is 8.42. The van der Waals surface area contributed by atoms with Crippen molar-refractivity contribution in [1.82, 2.24) is 10.6 Å². The van der Waals surface area contributed by atoms with Crippen LogP contribution in [0, 0.1) is 0 Å². The summed E-state index contributed by atoms with van der Waals surface area (Å²) in [6, 6.07) is 9.29. The van der Waals surface area contributed by atoms with Crippen LogP contribution in [-0.2, 0) is 22.4 Å². The van der Waals surface area contributed by atoms with Gasteiger partial charge in [0.1, 0.15) is 4.88 Å². The van der Waals surface area contributed by atoms with Gasteiger partial charge in [-0.1, -0.05) is 24.3 Å². The van der Waals surface area contributed by atoms with E-state index in [1.165, 1.54) is 16.9 Å². The van der Waals surface area contributed by atoms with Crippen LogP contribution in [0.1, 0.15) is 34.6 Å². The van der Waals surface area contributed by atoms with Gasteiger partial charge in [-0.3, -0.25) is 10.1 Å². The Morgan fingerprint density at radius 2 is 1.88 bits per heavy atom. The van der Waals surface area contributed by atoms with Gasteiger partial charge in [-0.15, -0.1) is 11.3 Å². The number of nitrogens with one attached hydrogen (secondary N) is 2. The van der Waals surface area contributed by atoms with E-state index >= 15 is 0 Å². The van der Waals surface area contributed by atoms with Gasteiger partial charge in [0.2, 0.25) is 0 Å². The van der Waals surface area contributed by atoms with E-state index in [4.69, 9.17) is 4.74 Å². The van der Waals surface area contributed by atoms with Crippen molar-refractivity contribution in [2.75, 3.05) is 6.61 Å². The molecule has 1 aromatic heterocycles. The first-order valence-corrected chi connectivity index (χ1v) is 9.24. The van der Waals surface area contributed by atoms with Crippen LogP contribution < -0.4 is 10.6 Å². The normalized spacial score (nSPS) is 12.1. The van der Waals surface area contributed by atoms with E-state index in [1.54, 1.807) is 13.8 Å². The highest BCUT2D eigenvalue weighted by Crippen LogP contribution is 2.39. The number of ether oxygens (including phenoxy) is 1. The number of carbonyl (C=O) groups is 3. The van der Waals surface area contributed by atoms with Gasteiger partial charge in [0.25, 0.3) is 5.91 Å². The fourth-order valence-corrected chi connectivity index (χ4v) is 4.00. The van der Waals surface area contributed by atoms with Crippen molar-refractivity contribution in [2.24, 2.45) is 0 Å². The smallest absolute Gasteiger partial charge is 0.348 e. The second-order valence-electron chi connectivity index (χ2n) is 6.37. The van der Waals surface area contributed by atoms with Crippen LogP contribution >= 0.6 is 11.3 Å². The maximum absolute atomic E-state index is 12.3. The number of amides is 3. The van der Waals surface area contributed by atoms with E-state index in [1.807, 2.05) is 18.2 Å². The SMILES string of the molecule is CC(C)NC(=O)NC(=O)COC(=O)c1cc2c(s1)-c1ccccc1CC2. The van der Waals surface area contributed by atoms with Crippen molar-refractivity contribution < 1.29 is 19.1 Å². The monoisotopic (exact) mass is 372 g/mol. The summed E-state index contributed by atoms with van der Waals surface area (Å²) in [5.41, 5.74) is 3.56. The van der Waals surface area contributed by atoms with Gasteiger partial charge in [-0.2, -0.15) is 0 Å². The van der Waals surface area contributed by atoms with E-state index in [9.17, 15) is 14.4 Å². The molecule has 26 heavy (non-hydrogen) atoms. The number of hydrogen-bond acceptors (Lipinski definition) is 5. The van der Waals surface area contributed by atoms with Crippen LogP contribution in [0.3, 0.4) is 0 Å². The molecule has 7 heteroatoms. The Balaban J connectivity index is 1.61. The summed E-state index contributed by atoms with van der Waals surface area (Å²) in [5.74, 6) is -1.22. The molecule has 0 unspecified atom stereocenters. The molecule has 0 saturated carbocycles. The van der Waals surface area contributed by atoms with E-state index < -0.39 is 24.5 Å². The maximum atomic E-state index is 12.3. The fraction of sp³-hybridized carbons (Fsp3) is 0.316. The highest BCUT2D eigenvalue weighted by Gasteiger charge is 2.22. The van der Waals surface area contributed by atoms with Crippen molar-refractivity contribution in [3.8, 4) is 10.4 Å². The first kappa shape index (κ1) is 18.1. The van der Waals surface area contributed by atoms with Crippen LogP contribution in [0.2, 0.25) is 0 Å². The van der Waals surface area contributed by atoms with Gasteiger partial charge >= 0.3 is 12.0 Å². The van der Waals surface area contributed by atoms with Crippen molar-refractivity contribution in [1.29, 1.82) is 0 Å². The summed E-state index contributed by atoms with van der Waals surface area (Å²) in [4.78, 5) is 36.9. The molecule has 2 aromatic rings. The van der Waals surface area contributed by atoms with Crippen LogP contribution in [-0.4, -0.2) is 30.6 Å². The van der Waals surface area contributed by atoms with Crippen LogP contribution in [0.25, 0.3) is 10.4 Å². The zero-order valence-electron chi connectivity index (χ0n) is 14.6. The highest BCUT2D eigenvalue weighted by atomic mass is 32.1. The molecule has 1 aliphatic carbocycles. The number of thiophene rings is 1. The molecule has 0 aliphatic heterocycles. The zero-order valence-corrected chi connectivity index (χ0v) is 15.4. The highest BCUT2D eigenvalue weighted by molar-refractivity contribution is 7.17. The lowest BCUT2D eigenvalue weighted by Crippen LogP contribution is -2.44. The van der Waals surface area contributed by atoms with Crippen molar-refractivity contribution >= 4 is 29.2 Å². The quantitative estimate of drug-likeness (QED) is 0.808. The van der Waals surface area contributed by atoms with Gasteiger partial charge in [-0.25, -0.2) is 9.59 Å². The summed E-state index contributed by atoms with van der Waals surface area (Å²) >= 11 is 1.37. The summed E-state index contributed by atoms with van der Waals surface area (Å²) < 4.78 is 5.04. The van der Waals surface area contributed by atoms with E-state index in [2.05, 4.69) is 22.8 Å². The zero-order chi connectivity index (χ0) is 18.7. The minimum atomic E-state index is -0.664. The molecule has 0 radical (unpaired) electrons. The Bertz CT molecular complexity index is 857. The molecule has 6 nitrogen and oxygen atoms in total. The summed E-state index contributed by atoms with van der Waals surface area (Å²) in [6.45, 7) is 3.06. The molecule has 1 aliphatic rings. The largest absolute Gasteiger partial charge is 0.451 e.